The van der Waals surface area contributed by atoms with Gasteiger partial charge in [0, 0.05) is 19.3 Å². The van der Waals surface area contributed by atoms with Crippen molar-refractivity contribution in [3.8, 4) is 0 Å². The zero-order chi connectivity index (χ0) is 41.4. The molecule has 0 aliphatic rings. The SMILES string of the molecule is CCCCCCCCCCCCCCCCCC(=O)OCC(CCCCCCCCCCCCCCCC)CC(=O)CCCCCCCCCCCCCCCC. The van der Waals surface area contributed by atoms with Gasteiger partial charge in [0.15, 0.2) is 0 Å². The van der Waals surface area contributed by atoms with Crippen molar-refractivity contribution in [1.82, 2.24) is 0 Å². The molecule has 0 N–H and O–H groups in total. The summed E-state index contributed by atoms with van der Waals surface area (Å²) >= 11 is 0. The van der Waals surface area contributed by atoms with Crippen LogP contribution in [-0.2, 0) is 14.3 Å². The van der Waals surface area contributed by atoms with Gasteiger partial charge in [0.05, 0.1) is 6.61 Å². The standard InChI is InChI=1S/C54H106O3/c1-4-7-10-13-16-19-22-25-28-31-34-37-40-43-46-49-54(56)57-51-52(47-44-41-38-35-32-29-26-23-20-17-14-11-8-5-2)50-53(55)48-45-42-39-36-33-30-27-24-21-18-15-12-9-6-3/h52H,4-51H2,1-3H3. The lowest BCUT2D eigenvalue weighted by molar-refractivity contribution is -0.146. The van der Waals surface area contributed by atoms with Gasteiger partial charge in [-0.05, 0) is 25.2 Å². The second-order valence-corrected chi connectivity index (χ2v) is 18.7. The molecule has 3 heteroatoms. The Labute approximate surface area is 360 Å². The van der Waals surface area contributed by atoms with Gasteiger partial charge in [0.25, 0.3) is 0 Å². The zero-order valence-corrected chi connectivity index (χ0v) is 39.7. The maximum absolute atomic E-state index is 13.1. The van der Waals surface area contributed by atoms with E-state index in [1.165, 1.54) is 250 Å². The Morgan fingerprint density at radius 3 is 0.860 bits per heavy atom. The average Bonchev–Trinajstić information content (AvgIpc) is 3.21. The van der Waals surface area contributed by atoms with Crippen LogP contribution in [0.3, 0.4) is 0 Å². The Hall–Kier alpha value is -0.860. The van der Waals surface area contributed by atoms with Crippen LogP contribution in [0.1, 0.15) is 323 Å². The first-order valence-corrected chi connectivity index (χ1v) is 26.8. The minimum Gasteiger partial charge on any atom is -0.465 e. The van der Waals surface area contributed by atoms with Gasteiger partial charge in [-0.25, -0.2) is 0 Å². The summed E-state index contributed by atoms with van der Waals surface area (Å²) < 4.78 is 5.83. The maximum atomic E-state index is 13.1. The number of carbonyl (C=O) groups excluding carboxylic acids is 2. The van der Waals surface area contributed by atoms with E-state index in [4.69, 9.17) is 4.74 Å². The number of carbonyl (C=O) groups is 2. The normalized spacial score (nSPS) is 12.1. The number of hydrogen-bond donors (Lipinski definition) is 0. The van der Waals surface area contributed by atoms with Crippen LogP contribution < -0.4 is 0 Å². The van der Waals surface area contributed by atoms with Gasteiger partial charge in [-0.2, -0.15) is 0 Å². The van der Waals surface area contributed by atoms with Crippen LogP contribution in [0.2, 0.25) is 0 Å². The van der Waals surface area contributed by atoms with Gasteiger partial charge >= 0.3 is 5.97 Å². The molecule has 0 aromatic carbocycles. The number of Topliss-reactive ketones (excluding diaryl/α,β-unsaturated/α-hetero) is 1. The molecule has 0 aliphatic heterocycles. The average molecular weight is 803 g/mol. The molecule has 0 bridgehead atoms. The molecular weight excluding hydrogens is 697 g/mol. The van der Waals surface area contributed by atoms with E-state index in [2.05, 4.69) is 20.8 Å². The number of hydrogen-bond acceptors (Lipinski definition) is 3. The van der Waals surface area contributed by atoms with Crippen LogP contribution in [0.5, 0.6) is 0 Å². The Bertz CT molecular complexity index is 777. The summed E-state index contributed by atoms with van der Waals surface area (Å²) in [7, 11) is 0. The summed E-state index contributed by atoms with van der Waals surface area (Å²) in [6, 6.07) is 0. The molecular formula is C54H106O3. The Morgan fingerprint density at radius 1 is 0.316 bits per heavy atom. The van der Waals surface area contributed by atoms with Crippen LogP contribution in [0.15, 0.2) is 0 Å². The molecule has 0 heterocycles. The predicted molar refractivity (Wildman–Crippen MR) is 253 cm³/mol. The van der Waals surface area contributed by atoms with E-state index in [1.807, 2.05) is 0 Å². The monoisotopic (exact) mass is 803 g/mol. The molecule has 1 atom stereocenters. The molecule has 0 spiro atoms. The molecule has 0 amide bonds. The number of ketones is 1. The van der Waals surface area contributed by atoms with Crippen molar-refractivity contribution >= 4 is 11.8 Å². The third kappa shape index (κ3) is 47.7. The number of esters is 1. The van der Waals surface area contributed by atoms with Gasteiger partial charge < -0.3 is 4.74 Å². The van der Waals surface area contributed by atoms with E-state index in [1.54, 1.807) is 0 Å². The van der Waals surface area contributed by atoms with Gasteiger partial charge in [0.2, 0.25) is 0 Å². The number of unbranched alkanes of at least 4 members (excludes halogenated alkanes) is 40. The summed E-state index contributed by atoms with van der Waals surface area (Å²) in [6.45, 7) is 7.32. The molecule has 0 saturated heterocycles. The summed E-state index contributed by atoms with van der Waals surface area (Å²) in [5.41, 5.74) is 0. The van der Waals surface area contributed by atoms with Crippen LogP contribution >= 0.6 is 0 Å². The third-order valence-corrected chi connectivity index (χ3v) is 12.8. The minimum absolute atomic E-state index is 0.0462. The fraction of sp³-hybridized carbons (Fsp3) is 0.963. The third-order valence-electron chi connectivity index (χ3n) is 12.8. The maximum Gasteiger partial charge on any atom is 0.305 e. The van der Waals surface area contributed by atoms with Crippen molar-refractivity contribution in [2.75, 3.05) is 6.61 Å². The lowest BCUT2D eigenvalue weighted by Gasteiger charge is -2.17. The largest absolute Gasteiger partial charge is 0.465 e. The van der Waals surface area contributed by atoms with E-state index >= 15 is 0 Å². The molecule has 1 unspecified atom stereocenters. The fourth-order valence-corrected chi connectivity index (χ4v) is 8.74. The Kier molecular flexibility index (Phi) is 48.8. The highest BCUT2D eigenvalue weighted by Crippen LogP contribution is 2.21. The Morgan fingerprint density at radius 2 is 0.561 bits per heavy atom. The highest BCUT2D eigenvalue weighted by atomic mass is 16.5. The molecule has 3 nitrogen and oxygen atoms in total. The van der Waals surface area contributed by atoms with Crippen LogP contribution in [0.25, 0.3) is 0 Å². The second-order valence-electron chi connectivity index (χ2n) is 18.7. The highest BCUT2D eigenvalue weighted by Gasteiger charge is 2.16. The molecule has 57 heavy (non-hydrogen) atoms. The molecule has 0 aliphatic carbocycles. The van der Waals surface area contributed by atoms with Gasteiger partial charge in [-0.1, -0.05) is 284 Å². The van der Waals surface area contributed by atoms with Gasteiger partial charge in [-0.3, -0.25) is 9.59 Å². The van der Waals surface area contributed by atoms with E-state index in [0.717, 1.165) is 32.1 Å². The molecule has 0 rings (SSSR count). The van der Waals surface area contributed by atoms with E-state index in [0.29, 0.717) is 31.7 Å². The summed E-state index contributed by atoms with van der Waals surface area (Å²) in [6.07, 6.45) is 60.7. The number of rotatable bonds is 50. The molecule has 0 radical (unpaired) electrons. The van der Waals surface area contributed by atoms with Crippen molar-refractivity contribution in [3.05, 3.63) is 0 Å². The zero-order valence-electron chi connectivity index (χ0n) is 39.7. The summed E-state index contributed by atoms with van der Waals surface area (Å²) in [5.74, 6) is 0.546. The predicted octanol–water partition coefficient (Wildman–Crippen LogP) is 19.1. The smallest absolute Gasteiger partial charge is 0.305 e. The molecule has 0 aromatic heterocycles. The molecule has 0 aromatic rings. The first kappa shape index (κ1) is 56.1. The van der Waals surface area contributed by atoms with Crippen molar-refractivity contribution in [1.29, 1.82) is 0 Å². The van der Waals surface area contributed by atoms with Crippen molar-refractivity contribution < 1.29 is 14.3 Å². The van der Waals surface area contributed by atoms with Crippen LogP contribution in [-0.4, -0.2) is 18.4 Å². The first-order valence-electron chi connectivity index (χ1n) is 26.8. The Balaban J connectivity index is 4.18. The van der Waals surface area contributed by atoms with E-state index in [-0.39, 0.29) is 11.9 Å². The lowest BCUT2D eigenvalue weighted by Crippen LogP contribution is -2.18. The molecule has 0 fully saturated rings. The molecule has 340 valence electrons. The summed E-state index contributed by atoms with van der Waals surface area (Å²) in [4.78, 5) is 25.7. The van der Waals surface area contributed by atoms with Crippen molar-refractivity contribution in [3.63, 3.8) is 0 Å². The summed E-state index contributed by atoms with van der Waals surface area (Å²) in [5, 5.41) is 0. The van der Waals surface area contributed by atoms with E-state index < -0.39 is 0 Å². The highest BCUT2D eigenvalue weighted by molar-refractivity contribution is 5.78. The quantitative estimate of drug-likeness (QED) is 0.0454. The lowest BCUT2D eigenvalue weighted by atomic mass is 9.94. The van der Waals surface area contributed by atoms with Gasteiger partial charge in [-0.15, -0.1) is 0 Å². The minimum atomic E-state index is -0.0462. The second kappa shape index (κ2) is 49.5. The van der Waals surface area contributed by atoms with Crippen LogP contribution in [0, 0.1) is 5.92 Å². The fourth-order valence-electron chi connectivity index (χ4n) is 8.74. The molecule has 0 saturated carbocycles. The van der Waals surface area contributed by atoms with Gasteiger partial charge in [0.1, 0.15) is 5.78 Å². The van der Waals surface area contributed by atoms with Crippen LogP contribution in [0.4, 0.5) is 0 Å². The van der Waals surface area contributed by atoms with E-state index in [9.17, 15) is 9.59 Å². The van der Waals surface area contributed by atoms with Crippen molar-refractivity contribution in [2.45, 2.75) is 323 Å². The van der Waals surface area contributed by atoms with Crippen molar-refractivity contribution in [2.24, 2.45) is 5.92 Å². The first-order chi connectivity index (χ1) is 28.1. The topological polar surface area (TPSA) is 43.4 Å². The number of ether oxygens (including phenoxy) is 1.